The number of anilines is 1. The lowest BCUT2D eigenvalue weighted by Crippen LogP contribution is -2.25. The van der Waals surface area contributed by atoms with Gasteiger partial charge in [-0.2, -0.15) is 5.26 Å². The summed E-state index contributed by atoms with van der Waals surface area (Å²) >= 11 is 0. The molecule has 0 aliphatic rings. The molecule has 6 heteroatoms. The highest BCUT2D eigenvalue weighted by Crippen LogP contribution is 2.20. The summed E-state index contributed by atoms with van der Waals surface area (Å²) in [5.74, 6) is 0.744. The standard InChI is InChI=1S/C18H14B2N4/c19-15-5-3-12(9-16(15)20)2-1-7-22-18-14-8-13(10-21)4-6-17(14)23-11-24-18/h3-6,8-9,11H,1-2,7H2,(H,22,23,24). The van der Waals surface area contributed by atoms with Gasteiger partial charge >= 0.3 is 0 Å². The van der Waals surface area contributed by atoms with Gasteiger partial charge in [-0.25, -0.2) is 9.97 Å². The topological polar surface area (TPSA) is 61.6 Å². The minimum Gasteiger partial charge on any atom is -0.369 e. The van der Waals surface area contributed by atoms with E-state index >= 15 is 0 Å². The molecule has 0 saturated heterocycles. The van der Waals surface area contributed by atoms with Gasteiger partial charge in [0.25, 0.3) is 0 Å². The molecule has 4 nitrogen and oxygen atoms in total. The molecule has 0 spiro atoms. The molecule has 3 aromatic rings. The van der Waals surface area contributed by atoms with E-state index in [9.17, 15) is 0 Å². The van der Waals surface area contributed by atoms with Crippen LogP contribution in [0.25, 0.3) is 10.9 Å². The smallest absolute Gasteiger partial charge is 0.137 e. The van der Waals surface area contributed by atoms with E-state index in [2.05, 4.69) is 21.4 Å². The molecule has 112 valence electrons. The van der Waals surface area contributed by atoms with Crippen molar-refractivity contribution in [3.63, 3.8) is 0 Å². The molecule has 2 aromatic carbocycles. The van der Waals surface area contributed by atoms with Crippen molar-refractivity contribution in [3.8, 4) is 6.07 Å². The van der Waals surface area contributed by atoms with Crippen molar-refractivity contribution in [1.82, 2.24) is 9.97 Å². The van der Waals surface area contributed by atoms with E-state index in [1.165, 1.54) is 6.33 Å². The highest BCUT2D eigenvalue weighted by atomic mass is 15.0. The van der Waals surface area contributed by atoms with Crippen molar-refractivity contribution in [1.29, 1.82) is 5.26 Å². The zero-order valence-corrected chi connectivity index (χ0v) is 13.2. The summed E-state index contributed by atoms with van der Waals surface area (Å²) in [6.07, 6.45) is 3.34. The molecule has 1 heterocycles. The van der Waals surface area contributed by atoms with Crippen LogP contribution < -0.4 is 16.2 Å². The number of hydrogen-bond donors (Lipinski definition) is 1. The van der Waals surface area contributed by atoms with E-state index < -0.39 is 0 Å². The van der Waals surface area contributed by atoms with Gasteiger partial charge in [-0.05, 0) is 36.6 Å². The third-order valence-corrected chi connectivity index (χ3v) is 3.85. The summed E-state index contributed by atoms with van der Waals surface area (Å²) in [5.41, 5.74) is 3.79. The molecule has 0 amide bonds. The first-order valence-corrected chi connectivity index (χ1v) is 7.70. The summed E-state index contributed by atoms with van der Waals surface area (Å²) in [6.45, 7) is 0.757. The van der Waals surface area contributed by atoms with Crippen molar-refractivity contribution in [3.05, 3.63) is 53.9 Å². The first kappa shape index (κ1) is 16.1. The second-order valence-electron chi connectivity index (χ2n) is 5.56. The molecule has 4 radical (unpaired) electrons. The Morgan fingerprint density at radius 2 is 1.92 bits per heavy atom. The highest BCUT2D eigenvalue weighted by molar-refractivity contribution is 6.48. The number of nitrogens with one attached hydrogen (secondary N) is 1. The lowest BCUT2D eigenvalue weighted by atomic mass is 9.79. The average molecular weight is 308 g/mol. The molecule has 1 aromatic heterocycles. The van der Waals surface area contributed by atoms with E-state index in [4.69, 9.17) is 21.0 Å². The Kier molecular flexibility index (Phi) is 4.81. The first-order chi connectivity index (χ1) is 11.7. The van der Waals surface area contributed by atoms with Crippen LogP contribution in [-0.2, 0) is 6.42 Å². The second-order valence-corrected chi connectivity index (χ2v) is 5.56. The van der Waals surface area contributed by atoms with E-state index in [-0.39, 0.29) is 0 Å². The van der Waals surface area contributed by atoms with Crippen LogP contribution in [-0.4, -0.2) is 32.2 Å². The normalized spacial score (nSPS) is 10.5. The first-order valence-electron chi connectivity index (χ1n) is 7.70. The number of fused-ring (bicyclic) bond motifs is 1. The molecule has 0 saturated carbocycles. The quantitative estimate of drug-likeness (QED) is 0.567. The molecule has 1 N–H and O–H groups in total. The van der Waals surface area contributed by atoms with E-state index in [1.807, 2.05) is 24.3 Å². The second kappa shape index (κ2) is 7.18. The van der Waals surface area contributed by atoms with Crippen molar-refractivity contribution in [2.45, 2.75) is 12.8 Å². The van der Waals surface area contributed by atoms with Crippen LogP contribution >= 0.6 is 0 Å². The number of nitriles is 1. The average Bonchev–Trinajstić information content (AvgIpc) is 2.61. The third kappa shape index (κ3) is 3.57. The van der Waals surface area contributed by atoms with Crippen molar-refractivity contribution in [2.75, 3.05) is 11.9 Å². The Labute approximate surface area is 143 Å². The molecule has 24 heavy (non-hydrogen) atoms. The Morgan fingerprint density at radius 1 is 1.04 bits per heavy atom. The molecule has 0 aliphatic carbocycles. The van der Waals surface area contributed by atoms with Gasteiger partial charge in [0.05, 0.1) is 17.1 Å². The van der Waals surface area contributed by atoms with E-state index in [0.717, 1.165) is 41.7 Å². The Hall–Kier alpha value is -2.80. The van der Waals surface area contributed by atoms with Gasteiger partial charge in [0.15, 0.2) is 0 Å². The van der Waals surface area contributed by atoms with Gasteiger partial charge in [-0.1, -0.05) is 18.2 Å². The largest absolute Gasteiger partial charge is 0.369 e. The minimum atomic E-state index is 0.595. The lowest BCUT2D eigenvalue weighted by Gasteiger charge is -2.09. The third-order valence-electron chi connectivity index (χ3n) is 3.85. The molecular weight excluding hydrogens is 294 g/mol. The molecule has 0 bridgehead atoms. The van der Waals surface area contributed by atoms with Crippen LogP contribution in [0.5, 0.6) is 0 Å². The summed E-state index contributed by atoms with van der Waals surface area (Å²) in [4.78, 5) is 8.51. The van der Waals surface area contributed by atoms with Crippen LogP contribution in [0.2, 0.25) is 0 Å². The van der Waals surface area contributed by atoms with Gasteiger partial charge in [0.2, 0.25) is 0 Å². The maximum absolute atomic E-state index is 9.04. The number of aromatic nitrogens is 2. The minimum absolute atomic E-state index is 0.595. The number of aryl methyl sites for hydroxylation is 1. The zero-order valence-electron chi connectivity index (χ0n) is 13.2. The summed E-state index contributed by atoms with van der Waals surface area (Å²) in [5, 5.41) is 13.2. The fourth-order valence-electron chi connectivity index (χ4n) is 2.55. The Bertz CT molecular complexity index is 919. The fraction of sp³-hybridized carbons (Fsp3) is 0.167. The van der Waals surface area contributed by atoms with Gasteiger partial charge in [0.1, 0.15) is 27.8 Å². The Balaban J connectivity index is 1.65. The molecule has 0 unspecified atom stereocenters. The van der Waals surface area contributed by atoms with Crippen molar-refractivity contribution >= 4 is 43.3 Å². The lowest BCUT2D eigenvalue weighted by molar-refractivity contribution is 0.860. The van der Waals surface area contributed by atoms with Crippen LogP contribution in [0.4, 0.5) is 5.82 Å². The van der Waals surface area contributed by atoms with E-state index in [1.54, 1.807) is 12.1 Å². The van der Waals surface area contributed by atoms with Crippen LogP contribution in [0.15, 0.2) is 42.7 Å². The van der Waals surface area contributed by atoms with Gasteiger partial charge in [-0.15, -0.1) is 10.9 Å². The van der Waals surface area contributed by atoms with Crippen LogP contribution in [0, 0.1) is 11.3 Å². The summed E-state index contributed by atoms with van der Waals surface area (Å²) < 4.78 is 0. The number of benzene rings is 2. The summed E-state index contributed by atoms with van der Waals surface area (Å²) in [6, 6.07) is 13.3. The zero-order chi connectivity index (χ0) is 16.9. The maximum Gasteiger partial charge on any atom is 0.137 e. The number of nitrogens with zero attached hydrogens (tertiary/aromatic N) is 3. The van der Waals surface area contributed by atoms with Crippen molar-refractivity contribution in [2.24, 2.45) is 0 Å². The number of rotatable bonds is 5. The molecule has 0 fully saturated rings. The Morgan fingerprint density at radius 3 is 2.71 bits per heavy atom. The van der Waals surface area contributed by atoms with Gasteiger partial charge in [-0.3, -0.25) is 0 Å². The predicted octanol–water partition coefficient (Wildman–Crippen LogP) is 1.13. The van der Waals surface area contributed by atoms with Gasteiger partial charge in [0, 0.05) is 11.9 Å². The molecule has 0 atom stereocenters. The number of hydrogen-bond acceptors (Lipinski definition) is 4. The monoisotopic (exact) mass is 308 g/mol. The maximum atomic E-state index is 9.04. The molecule has 0 aliphatic heterocycles. The van der Waals surface area contributed by atoms with Gasteiger partial charge < -0.3 is 5.32 Å². The highest BCUT2D eigenvalue weighted by Gasteiger charge is 2.04. The summed E-state index contributed by atoms with van der Waals surface area (Å²) in [7, 11) is 11.5. The fourth-order valence-corrected chi connectivity index (χ4v) is 2.55. The van der Waals surface area contributed by atoms with Crippen LogP contribution in [0.3, 0.4) is 0 Å². The van der Waals surface area contributed by atoms with Crippen LogP contribution in [0.1, 0.15) is 17.5 Å². The van der Waals surface area contributed by atoms with Crippen molar-refractivity contribution < 1.29 is 0 Å². The SMILES string of the molecule is [B]c1ccc(CCCNc2ncnc3ccc(C#N)cc23)cc1[B]. The predicted molar refractivity (Wildman–Crippen MR) is 98.3 cm³/mol. The van der Waals surface area contributed by atoms with E-state index in [0.29, 0.717) is 16.5 Å². The molecule has 3 rings (SSSR count). The molecular formula is C18H14B2N4.